The van der Waals surface area contributed by atoms with Crippen LogP contribution >= 0.6 is 11.8 Å². The number of nitrogens with zero attached hydrogens (tertiary/aromatic N) is 2. The predicted molar refractivity (Wildman–Crippen MR) is 55.1 cm³/mol. The summed E-state index contributed by atoms with van der Waals surface area (Å²) in [6, 6.07) is 0. The fraction of sp³-hybridized carbons (Fsp3) is 0.250. The van der Waals surface area contributed by atoms with Gasteiger partial charge in [-0.05, 0) is 6.26 Å². The first-order valence-electron chi connectivity index (χ1n) is 3.96. The van der Waals surface area contributed by atoms with Crippen LogP contribution in [0, 0.1) is 0 Å². The molecular formula is C8H9N3O3S. The second-order valence-electron chi connectivity index (χ2n) is 2.61. The van der Waals surface area contributed by atoms with E-state index in [1.54, 1.807) is 6.26 Å². The third-order valence-corrected chi connectivity index (χ3v) is 2.02. The average Bonchev–Trinajstić information content (AvgIpc) is 2.17. The summed E-state index contributed by atoms with van der Waals surface area (Å²) in [4.78, 5) is 29.2. The van der Waals surface area contributed by atoms with Crippen molar-refractivity contribution >= 4 is 29.3 Å². The number of carbonyl (C=O) groups is 2. The van der Waals surface area contributed by atoms with Gasteiger partial charge >= 0.3 is 5.97 Å². The number of thioether (sulfide) groups is 1. The zero-order chi connectivity index (χ0) is 11.4. The molecule has 80 valence electrons. The molecule has 1 aromatic rings. The van der Waals surface area contributed by atoms with Gasteiger partial charge < -0.3 is 10.4 Å². The van der Waals surface area contributed by atoms with Gasteiger partial charge in [-0.2, -0.15) is 0 Å². The first kappa shape index (κ1) is 11.4. The molecule has 0 spiro atoms. The first-order valence-corrected chi connectivity index (χ1v) is 5.19. The van der Waals surface area contributed by atoms with Crippen molar-refractivity contribution in [3.63, 3.8) is 0 Å². The molecule has 1 aromatic heterocycles. The third-order valence-electron chi connectivity index (χ3n) is 1.46. The summed E-state index contributed by atoms with van der Waals surface area (Å²) >= 11 is 1.23. The predicted octanol–water partition coefficient (Wildman–Crippen LogP) is 0.855. The fourth-order valence-corrected chi connectivity index (χ4v) is 1.25. The minimum Gasteiger partial charge on any atom is -0.476 e. The molecule has 0 aliphatic rings. The molecule has 6 nitrogen and oxygen atoms in total. The first-order chi connectivity index (χ1) is 7.04. The van der Waals surface area contributed by atoms with Gasteiger partial charge in [0, 0.05) is 6.92 Å². The van der Waals surface area contributed by atoms with Crippen molar-refractivity contribution in [2.24, 2.45) is 0 Å². The van der Waals surface area contributed by atoms with Crippen molar-refractivity contribution in [3.05, 3.63) is 11.9 Å². The Kier molecular flexibility index (Phi) is 3.62. The van der Waals surface area contributed by atoms with Crippen LogP contribution in [0.15, 0.2) is 11.4 Å². The van der Waals surface area contributed by atoms with Crippen LogP contribution in [0.1, 0.15) is 17.4 Å². The van der Waals surface area contributed by atoms with Crippen LogP contribution in [0.2, 0.25) is 0 Å². The summed E-state index contributed by atoms with van der Waals surface area (Å²) in [5.74, 6) is -1.56. The van der Waals surface area contributed by atoms with Gasteiger partial charge in [-0.3, -0.25) is 4.79 Å². The van der Waals surface area contributed by atoms with Crippen LogP contribution in [0.25, 0.3) is 0 Å². The molecular weight excluding hydrogens is 218 g/mol. The van der Waals surface area contributed by atoms with Crippen LogP contribution in [-0.2, 0) is 4.79 Å². The van der Waals surface area contributed by atoms with Gasteiger partial charge in [0.15, 0.2) is 10.9 Å². The number of aromatic carboxylic acids is 1. The van der Waals surface area contributed by atoms with E-state index in [0.29, 0.717) is 5.16 Å². The molecule has 0 atom stereocenters. The number of carbonyl (C=O) groups excluding carboxylic acids is 1. The highest BCUT2D eigenvalue weighted by molar-refractivity contribution is 7.98. The summed E-state index contributed by atoms with van der Waals surface area (Å²) in [6.45, 7) is 1.29. The number of nitrogens with one attached hydrogen (secondary N) is 1. The molecule has 0 aliphatic carbocycles. The van der Waals surface area contributed by atoms with Gasteiger partial charge in [0.2, 0.25) is 5.91 Å². The summed E-state index contributed by atoms with van der Waals surface area (Å²) < 4.78 is 0. The van der Waals surface area contributed by atoms with E-state index < -0.39 is 5.97 Å². The van der Waals surface area contributed by atoms with E-state index in [4.69, 9.17) is 5.11 Å². The molecule has 0 bridgehead atoms. The topological polar surface area (TPSA) is 92.2 Å². The number of rotatable bonds is 3. The SMILES string of the molecule is CSc1ncc(NC(C)=O)c(C(=O)O)n1. The molecule has 1 amide bonds. The van der Waals surface area contributed by atoms with E-state index in [0.717, 1.165) is 0 Å². The molecule has 0 saturated carbocycles. The second kappa shape index (κ2) is 4.74. The largest absolute Gasteiger partial charge is 0.476 e. The Hall–Kier alpha value is -1.63. The lowest BCUT2D eigenvalue weighted by Gasteiger charge is -2.05. The lowest BCUT2D eigenvalue weighted by Crippen LogP contribution is -2.13. The van der Waals surface area contributed by atoms with Crippen molar-refractivity contribution < 1.29 is 14.7 Å². The molecule has 0 aromatic carbocycles. The number of anilines is 1. The van der Waals surface area contributed by atoms with Gasteiger partial charge in [-0.25, -0.2) is 14.8 Å². The Labute approximate surface area is 90.1 Å². The van der Waals surface area contributed by atoms with Gasteiger partial charge in [-0.1, -0.05) is 11.8 Å². The van der Waals surface area contributed by atoms with Crippen LogP contribution in [0.5, 0.6) is 0 Å². The quantitative estimate of drug-likeness (QED) is 0.587. The molecule has 1 rings (SSSR count). The maximum Gasteiger partial charge on any atom is 0.356 e. The number of carboxylic acids is 1. The lowest BCUT2D eigenvalue weighted by atomic mass is 10.3. The number of hydrogen-bond acceptors (Lipinski definition) is 5. The second-order valence-corrected chi connectivity index (χ2v) is 3.38. The van der Waals surface area contributed by atoms with E-state index in [9.17, 15) is 9.59 Å². The number of carboxylic acid groups (broad SMARTS) is 1. The summed E-state index contributed by atoms with van der Waals surface area (Å²) in [6.07, 6.45) is 3.02. The van der Waals surface area contributed by atoms with Crippen LogP contribution in [0.3, 0.4) is 0 Å². The number of aromatic nitrogens is 2. The molecule has 2 N–H and O–H groups in total. The Morgan fingerprint density at radius 1 is 1.53 bits per heavy atom. The zero-order valence-electron chi connectivity index (χ0n) is 8.14. The molecule has 0 radical (unpaired) electrons. The van der Waals surface area contributed by atoms with E-state index in [1.165, 1.54) is 24.9 Å². The lowest BCUT2D eigenvalue weighted by molar-refractivity contribution is -0.114. The van der Waals surface area contributed by atoms with Crippen molar-refractivity contribution in [2.45, 2.75) is 12.1 Å². The highest BCUT2D eigenvalue weighted by Gasteiger charge is 2.14. The smallest absolute Gasteiger partial charge is 0.356 e. The van der Waals surface area contributed by atoms with Crippen LogP contribution in [0.4, 0.5) is 5.69 Å². The monoisotopic (exact) mass is 227 g/mol. The van der Waals surface area contributed by atoms with Crippen LogP contribution < -0.4 is 5.32 Å². The Bertz CT molecular complexity index is 408. The molecule has 7 heteroatoms. The fourth-order valence-electron chi connectivity index (χ4n) is 0.908. The Balaban J connectivity index is 3.15. The maximum absolute atomic E-state index is 10.8. The van der Waals surface area contributed by atoms with Gasteiger partial charge in [0.05, 0.1) is 11.9 Å². The normalized spacial score (nSPS) is 9.73. The Morgan fingerprint density at radius 3 is 2.67 bits per heavy atom. The average molecular weight is 227 g/mol. The summed E-state index contributed by atoms with van der Waals surface area (Å²) in [7, 11) is 0. The summed E-state index contributed by atoms with van der Waals surface area (Å²) in [5, 5.41) is 11.5. The molecule has 0 aliphatic heterocycles. The molecule has 0 unspecified atom stereocenters. The highest BCUT2D eigenvalue weighted by atomic mass is 32.2. The zero-order valence-corrected chi connectivity index (χ0v) is 8.96. The minimum absolute atomic E-state index is 0.104. The van der Waals surface area contributed by atoms with Crippen molar-refractivity contribution in [3.8, 4) is 0 Å². The van der Waals surface area contributed by atoms with Crippen LogP contribution in [-0.4, -0.2) is 33.2 Å². The van der Waals surface area contributed by atoms with Gasteiger partial charge in [0.25, 0.3) is 0 Å². The van der Waals surface area contributed by atoms with Crippen molar-refractivity contribution in [2.75, 3.05) is 11.6 Å². The van der Waals surface area contributed by atoms with E-state index in [-0.39, 0.29) is 17.3 Å². The molecule has 0 fully saturated rings. The van der Waals surface area contributed by atoms with Gasteiger partial charge in [-0.15, -0.1) is 0 Å². The van der Waals surface area contributed by atoms with Crippen molar-refractivity contribution in [1.82, 2.24) is 9.97 Å². The van der Waals surface area contributed by atoms with E-state index in [2.05, 4.69) is 15.3 Å². The standard InChI is InChI=1S/C8H9N3O3S/c1-4(12)10-5-3-9-8(15-2)11-6(5)7(13)14/h3H,1-2H3,(H,10,12)(H,13,14). The summed E-state index contributed by atoms with van der Waals surface area (Å²) in [5.41, 5.74) is -0.0997. The Morgan fingerprint density at radius 2 is 2.20 bits per heavy atom. The maximum atomic E-state index is 10.8. The highest BCUT2D eigenvalue weighted by Crippen LogP contribution is 2.16. The number of amides is 1. The molecule has 1 heterocycles. The van der Waals surface area contributed by atoms with E-state index >= 15 is 0 Å². The third kappa shape index (κ3) is 2.91. The minimum atomic E-state index is -1.20. The van der Waals surface area contributed by atoms with Gasteiger partial charge in [0.1, 0.15) is 0 Å². The van der Waals surface area contributed by atoms with Crippen molar-refractivity contribution in [1.29, 1.82) is 0 Å². The molecule has 0 saturated heterocycles. The molecule has 15 heavy (non-hydrogen) atoms. The number of hydrogen-bond donors (Lipinski definition) is 2. The van der Waals surface area contributed by atoms with E-state index in [1.807, 2.05) is 0 Å².